The number of halogens is 1. The van der Waals surface area contributed by atoms with E-state index in [0.29, 0.717) is 34.7 Å². The van der Waals surface area contributed by atoms with Crippen LogP contribution in [-0.2, 0) is 11.3 Å². The number of likely N-dealkylation sites (tertiary alicyclic amines) is 1. The number of rotatable bonds is 8. The summed E-state index contributed by atoms with van der Waals surface area (Å²) in [6.45, 7) is 8.92. The number of allylic oxidation sites excluding steroid dienone is 1. The minimum atomic E-state index is -0.218. The summed E-state index contributed by atoms with van der Waals surface area (Å²) in [7, 11) is 0. The first-order chi connectivity index (χ1) is 16.9. The number of thioether (sulfide) groups is 1. The predicted octanol–water partition coefficient (Wildman–Crippen LogP) is 5.44. The molecule has 1 saturated heterocycles. The lowest BCUT2D eigenvalue weighted by Gasteiger charge is -2.25. The summed E-state index contributed by atoms with van der Waals surface area (Å²) in [5.74, 6) is 0.652. The number of benzene rings is 2. The molecule has 35 heavy (non-hydrogen) atoms. The highest BCUT2D eigenvalue weighted by atomic mass is 35.5. The Kier molecular flexibility index (Phi) is 7.93. The van der Waals surface area contributed by atoms with Crippen molar-refractivity contribution in [3.05, 3.63) is 82.7 Å². The molecule has 1 aliphatic heterocycles. The average Bonchev–Trinajstić information content (AvgIpc) is 3.47. The van der Waals surface area contributed by atoms with Gasteiger partial charge in [0.05, 0.1) is 22.4 Å². The van der Waals surface area contributed by atoms with Crippen molar-refractivity contribution in [3.8, 4) is 0 Å². The number of aryl methyl sites for hydroxylation is 2. The molecule has 4 rings (SSSR count). The Morgan fingerprint density at radius 2 is 2.03 bits per heavy atom. The summed E-state index contributed by atoms with van der Waals surface area (Å²) in [5, 5.41) is 12.8. The van der Waals surface area contributed by atoms with Crippen LogP contribution in [0.1, 0.15) is 46.2 Å². The number of hydrogen-bond acceptors (Lipinski definition) is 5. The van der Waals surface area contributed by atoms with E-state index in [1.165, 1.54) is 11.8 Å². The largest absolute Gasteiger partial charge is 0.328 e. The number of nitrogens with one attached hydrogen (secondary N) is 1. The van der Waals surface area contributed by atoms with Gasteiger partial charge in [0.15, 0.2) is 11.0 Å². The SMILES string of the molecule is C=CCn1c(SCC(=O)Nc2cc(C)ccc2C)nnc1C1CCCN1C(=O)c1ccccc1Cl. The lowest BCUT2D eigenvalue weighted by Crippen LogP contribution is -2.32. The van der Waals surface area contributed by atoms with Gasteiger partial charge in [-0.3, -0.25) is 9.59 Å². The molecule has 1 atom stereocenters. The van der Waals surface area contributed by atoms with Crippen LogP contribution >= 0.6 is 23.4 Å². The van der Waals surface area contributed by atoms with Crippen LogP contribution in [0.3, 0.4) is 0 Å². The zero-order valence-corrected chi connectivity index (χ0v) is 21.4. The van der Waals surface area contributed by atoms with Gasteiger partial charge in [-0.05, 0) is 56.0 Å². The van der Waals surface area contributed by atoms with Crippen molar-refractivity contribution in [2.75, 3.05) is 17.6 Å². The molecule has 2 heterocycles. The topological polar surface area (TPSA) is 80.1 Å². The Labute approximate surface area is 214 Å². The van der Waals surface area contributed by atoms with Gasteiger partial charge in [0.2, 0.25) is 5.91 Å². The quantitative estimate of drug-likeness (QED) is 0.323. The highest BCUT2D eigenvalue weighted by Gasteiger charge is 2.35. The molecule has 2 aromatic carbocycles. The van der Waals surface area contributed by atoms with E-state index in [1.807, 2.05) is 47.6 Å². The molecule has 1 N–H and O–H groups in total. The fourth-order valence-electron chi connectivity index (χ4n) is 4.21. The number of carbonyl (C=O) groups excluding carboxylic acids is 2. The molecular weight excluding hydrogens is 482 g/mol. The number of aromatic nitrogens is 3. The molecule has 9 heteroatoms. The maximum absolute atomic E-state index is 13.3. The fourth-order valence-corrected chi connectivity index (χ4v) is 5.18. The second kappa shape index (κ2) is 11.1. The zero-order chi connectivity index (χ0) is 24.9. The lowest BCUT2D eigenvalue weighted by atomic mass is 10.1. The first kappa shape index (κ1) is 25.0. The summed E-state index contributed by atoms with van der Waals surface area (Å²) >= 11 is 7.61. The third kappa shape index (κ3) is 5.60. The van der Waals surface area contributed by atoms with Crippen LogP contribution in [0.25, 0.3) is 0 Å². The summed E-state index contributed by atoms with van der Waals surface area (Å²) in [6.07, 6.45) is 3.41. The van der Waals surface area contributed by atoms with Crippen molar-refractivity contribution in [1.82, 2.24) is 19.7 Å². The van der Waals surface area contributed by atoms with Crippen molar-refractivity contribution in [2.24, 2.45) is 0 Å². The molecule has 0 aliphatic carbocycles. The first-order valence-electron chi connectivity index (χ1n) is 11.5. The Morgan fingerprint density at radius 3 is 2.80 bits per heavy atom. The third-order valence-corrected chi connectivity index (χ3v) is 7.27. The summed E-state index contributed by atoms with van der Waals surface area (Å²) < 4.78 is 1.94. The third-order valence-electron chi connectivity index (χ3n) is 5.97. The number of anilines is 1. The standard InChI is InChI=1S/C26H28ClN5O2S/c1-4-13-32-24(22-10-7-14-31(22)25(34)19-8-5-6-9-20(19)27)29-30-26(32)35-16-23(33)28-21-15-17(2)11-12-18(21)3/h4-6,8-9,11-12,15,22H,1,7,10,13-14,16H2,2-3H3,(H,28,33). The van der Waals surface area contributed by atoms with Gasteiger partial charge >= 0.3 is 0 Å². The molecular formula is C26H28ClN5O2S. The van der Waals surface area contributed by atoms with Crippen LogP contribution in [0.15, 0.2) is 60.3 Å². The molecule has 2 amide bonds. The Morgan fingerprint density at radius 1 is 1.23 bits per heavy atom. The van der Waals surface area contributed by atoms with E-state index in [9.17, 15) is 9.59 Å². The van der Waals surface area contributed by atoms with Crippen LogP contribution in [-0.4, -0.2) is 43.8 Å². The molecule has 182 valence electrons. The minimum absolute atomic E-state index is 0.116. The van der Waals surface area contributed by atoms with E-state index in [4.69, 9.17) is 11.6 Å². The van der Waals surface area contributed by atoms with E-state index >= 15 is 0 Å². The molecule has 1 fully saturated rings. The fraction of sp³-hybridized carbons (Fsp3) is 0.308. The second-order valence-electron chi connectivity index (χ2n) is 8.53. The Bertz CT molecular complexity index is 1260. The molecule has 1 aromatic heterocycles. The van der Waals surface area contributed by atoms with Crippen molar-refractivity contribution in [1.29, 1.82) is 0 Å². The number of hydrogen-bond donors (Lipinski definition) is 1. The van der Waals surface area contributed by atoms with Gasteiger partial charge in [-0.2, -0.15) is 0 Å². The summed E-state index contributed by atoms with van der Waals surface area (Å²) in [6, 6.07) is 12.8. The maximum Gasteiger partial charge on any atom is 0.255 e. The summed E-state index contributed by atoms with van der Waals surface area (Å²) in [4.78, 5) is 27.7. The molecule has 3 aromatic rings. The number of amides is 2. The average molecular weight is 510 g/mol. The van der Waals surface area contributed by atoms with E-state index in [-0.39, 0.29) is 23.6 Å². The maximum atomic E-state index is 13.3. The molecule has 0 saturated carbocycles. The van der Waals surface area contributed by atoms with Gasteiger partial charge in [-0.25, -0.2) is 0 Å². The monoisotopic (exact) mass is 509 g/mol. The molecule has 1 aliphatic rings. The van der Waals surface area contributed by atoms with E-state index < -0.39 is 0 Å². The second-order valence-corrected chi connectivity index (χ2v) is 9.88. The Hall–Kier alpha value is -3.10. The zero-order valence-electron chi connectivity index (χ0n) is 19.8. The summed E-state index contributed by atoms with van der Waals surface area (Å²) in [5.41, 5.74) is 3.38. The van der Waals surface area contributed by atoms with Gasteiger partial charge < -0.3 is 14.8 Å². The smallest absolute Gasteiger partial charge is 0.255 e. The van der Waals surface area contributed by atoms with E-state index in [2.05, 4.69) is 22.1 Å². The van der Waals surface area contributed by atoms with Crippen molar-refractivity contribution >= 4 is 40.9 Å². The Balaban J connectivity index is 1.50. The number of nitrogens with zero attached hydrogens (tertiary/aromatic N) is 4. The van der Waals surface area contributed by atoms with Crippen LogP contribution in [0.4, 0.5) is 5.69 Å². The molecule has 1 unspecified atom stereocenters. The van der Waals surface area contributed by atoms with Crippen molar-refractivity contribution < 1.29 is 9.59 Å². The van der Waals surface area contributed by atoms with Crippen molar-refractivity contribution in [3.63, 3.8) is 0 Å². The molecule has 0 radical (unpaired) electrons. The van der Waals surface area contributed by atoms with E-state index in [1.54, 1.807) is 24.3 Å². The van der Waals surface area contributed by atoms with Gasteiger partial charge in [-0.15, -0.1) is 16.8 Å². The normalized spacial score (nSPS) is 15.3. The van der Waals surface area contributed by atoms with Crippen LogP contribution in [0.5, 0.6) is 0 Å². The van der Waals surface area contributed by atoms with Gasteiger partial charge in [0.25, 0.3) is 5.91 Å². The van der Waals surface area contributed by atoms with Crippen molar-refractivity contribution in [2.45, 2.75) is 44.4 Å². The minimum Gasteiger partial charge on any atom is -0.328 e. The molecule has 0 bridgehead atoms. The highest BCUT2D eigenvalue weighted by molar-refractivity contribution is 7.99. The van der Waals surface area contributed by atoms with Crippen LogP contribution in [0.2, 0.25) is 5.02 Å². The molecule has 0 spiro atoms. The number of carbonyl (C=O) groups is 2. The van der Waals surface area contributed by atoms with Gasteiger partial charge in [0, 0.05) is 18.8 Å². The molecule has 7 nitrogen and oxygen atoms in total. The van der Waals surface area contributed by atoms with Crippen LogP contribution in [0, 0.1) is 13.8 Å². The van der Waals surface area contributed by atoms with Crippen LogP contribution < -0.4 is 5.32 Å². The van der Waals surface area contributed by atoms with E-state index in [0.717, 1.165) is 29.7 Å². The highest BCUT2D eigenvalue weighted by Crippen LogP contribution is 2.35. The van der Waals surface area contributed by atoms with Gasteiger partial charge in [-0.1, -0.05) is 53.7 Å². The lowest BCUT2D eigenvalue weighted by molar-refractivity contribution is -0.113. The van der Waals surface area contributed by atoms with Gasteiger partial charge in [0.1, 0.15) is 0 Å². The predicted molar refractivity (Wildman–Crippen MR) is 140 cm³/mol. The first-order valence-corrected chi connectivity index (χ1v) is 12.8.